The number of aromatic nitrogens is 2. The van der Waals surface area contributed by atoms with Crippen LogP contribution in [0.15, 0.2) is 12.3 Å². The normalized spacial score (nSPS) is 15.8. The third-order valence-corrected chi connectivity index (χ3v) is 3.35. The Labute approximate surface area is 122 Å². The molecule has 21 heavy (non-hydrogen) atoms. The summed E-state index contributed by atoms with van der Waals surface area (Å²) in [4.78, 5) is 34.2. The number of nitrogens with zero attached hydrogens (tertiary/aromatic N) is 4. The van der Waals surface area contributed by atoms with E-state index in [0.717, 1.165) is 26.2 Å². The van der Waals surface area contributed by atoms with E-state index in [2.05, 4.69) is 19.6 Å². The number of hydrogen-bond donors (Lipinski definition) is 1. The Morgan fingerprint density at radius 2 is 2.05 bits per heavy atom. The van der Waals surface area contributed by atoms with Crippen molar-refractivity contribution in [2.45, 2.75) is 6.42 Å². The monoisotopic (exact) mass is 294 g/mol. The van der Waals surface area contributed by atoms with Crippen LogP contribution in [0.3, 0.4) is 0 Å². The lowest BCUT2D eigenvalue weighted by Gasteiger charge is -2.35. The second-order valence-electron chi connectivity index (χ2n) is 4.70. The number of rotatable bonds is 5. The molecule has 0 spiro atoms. The van der Waals surface area contributed by atoms with Gasteiger partial charge in [0.25, 0.3) is 0 Å². The number of carbonyl (C=O) groups excluding carboxylic acids is 1. The van der Waals surface area contributed by atoms with Crippen molar-refractivity contribution in [3.63, 3.8) is 0 Å². The molecule has 2 heterocycles. The molecule has 0 bridgehead atoms. The van der Waals surface area contributed by atoms with E-state index in [1.165, 1.54) is 13.3 Å². The molecule has 1 saturated heterocycles. The van der Waals surface area contributed by atoms with Crippen molar-refractivity contribution in [2.75, 3.05) is 44.7 Å². The van der Waals surface area contributed by atoms with Crippen molar-refractivity contribution in [1.29, 1.82) is 0 Å². The van der Waals surface area contributed by atoms with Crippen molar-refractivity contribution < 1.29 is 19.4 Å². The summed E-state index contributed by atoms with van der Waals surface area (Å²) in [6.45, 7) is 3.56. The average Bonchev–Trinajstić information content (AvgIpc) is 2.52. The summed E-state index contributed by atoms with van der Waals surface area (Å²) < 4.78 is 4.60. The van der Waals surface area contributed by atoms with Gasteiger partial charge in [-0.1, -0.05) is 0 Å². The second kappa shape index (κ2) is 6.98. The fourth-order valence-electron chi connectivity index (χ4n) is 2.17. The highest BCUT2D eigenvalue weighted by Crippen LogP contribution is 2.13. The summed E-state index contributed by atoms with van der Waals surface area (Å²) in [7, 11) is 1.29. The van der Waals surface area contributed by atoms with E-state index in [4.69, 9.17) is 5.11 Å². The van der Waals surface area contributed by atoms with Gasteiger partial charge in [-0.25, -0.2) is 14.8 Å². The Hall–Kier alpha value is -2.22. The maximum Gasteiger partial charge on any atom is 0.376 e. The zero-order valence-corrected chi connectivity index (χ0v) is 11.9. The van der Waals surface area contributed by atoms with Gasteiger partial charge in [0, 0.05) is 38.9 Å². The predicted molar refractivity (Wildman–Crippen MR) is 74.3 cm³/mol. The molecule has 2 rings (SSSR count). The fourth-order valence-corrected chi connectivity index (χ4v) is 2.17. The van der Waals surface area contributed by atoms with Gasteiger partial charge >= 0.3 is 11.9 Å². The summed E-state index contributed by atoms with van der Waals surface area (Å²) in [6.07, 6.45) is 1.69. The molecule has 1 aliphatic heterocycles. The predicted octanol–water partition coefficient (Wildman–Crippen LogP) is -0.140. The van der Waals surface area contributed by atoms with Crippen LogP contribution in [-0.2, 0) is 9.53 Å². The first-order valence-corrected chi connectivity index (χ1v) is 6.70. The topological polar surface area (TPSA) is 95.9 Å². The van der Waals surface area contributed by atoms with E-state index in [-0.39, 0.29) is 12.2 Å². The molecule has 0 aliphatic carbocycles. The van der Waals surface area contributed by atoms with E-state index < -0.39 is 11.9 Å². The minimum absolute atomic E-state index is 0.0447. The molecule has 1 fully saturated rings. The van der Waals surface area contributed by atoms with Crippen LogP contribution in [0.4, 0.5) is 5.82 Å². The van der Waals surface area contributed by atoms with E-state index in [0.29, 0.717) is 12.4 Å². The van der Waals surface area contributed by atoms with Gasteiger partial charge in [-0.2, -0.15) is 0 Å². The highest BCUT2D eigenvalue weighted by molar-refractivity contribution is 5.85. The van der Waals surface area contributed by atoms with E-state index >= 15 is 0 Å². The first-order chi connectivity index (χ1) is 10.1. The number of hydrogen-bond acceptors (Lipinski definition) is 7. The number of esters is 1. The molecule has 1 N–H and O–H groups in total. The average molecular weight is 294 g/mol. The first kappa shape index (κ1) is 15.2. The van der Waals surface area contributed by atoms with Crippen LogP contribution in [0.1, 0.15) is 17.0 Å². The van der Waals surface area contributed by atoms with Gasteiger partial charge < -0.3 is 14.7 Å². The fraction of sp³-hybridized carbons (Fsp3) is 0.538. The number of carboxylic acids is 1. The van der Waals surface area contributed by atoms with Crippen molar-refractivity contribution in [3.8, 4) is 0 Å². The Kier molecular flexibility index (Phi) is 5.04. The summed E-state index contributed by atoms with van der Waals surface area (Å²) in [5.74, 6) is -0.612. The molecular formula is C13H18N4O4. The highest BCUT2D eigenvalue weighted by Gasteiger charge is 2.20. The minimum atomic E-state index is -0.782. The Bertz CT molecular complexity index is 515. The van der Waals surface area contributed by atoms with Crippen LogP contribution in [-0.4, -0.2) is 71.7 Å². The van der Waals surface area contributed by atoms with Gasteiger partial charge in [0.1, 0.15) is 5.82 Å². The van der Waals surface area contributed by atoms with Crippen LogP contribution in [0.5, 0.6) is 0 Å². The zero-order valence-electron chi connectivity index (χ0n) is 11.9. The van der Waals surface area contributed by atoms with E-state index in [1.54, 1.807) is 6.07 Å². The number of carboxylic acid groups (broad SMARTS) is 1. The molecule has 0 unspecified atom stereocenters. The van der Waals surface area contributed by atoms with Gasteiger partial charge in [-0.3, -0.25) is 9.69 Å². The number of carbonyl (C=O) groups is 2. The number of piperazine rings is 1. The summed E-state index contributed by atoms with van der Waals surface area (Å²) in [5.41, 5.74) is 0. The Balaban J connectivity index is 1.93. The SMILES string of the molecule is COC(=O)c1nccc(N2CCN(CCC(=O)O)CC2)n1. The quantitative estimate of drug-likeness (QED) is 0.750. The zero-order chi connectivity index (χ0) is 15.2. The molecule has 0 aromatic carbocycles. The van der Waals surface area contributed by atoms with E-state index in [1.807, 2.05) is 4.90 Å². The van der Waals surface area contributed by atoms with Crippen molar-refractivity contribution in [3.05, 3.63) is 18.1 Å². The molecule has 8 heteroatoms. The molecule has 0 amide bonds. The van der Waals surface area contributed by atoms with E-state index in [9.17, 15) is 9.59 Å². The second-order valence-corrected chi connectivity index (χ2v) is 4.70. The number of aliphatic carboxylic acids is 1. The smallest absolute Gasteiger partial charge is 0.376 e. The van der Waals surface area contributed by atoms with Gasteiger partial charge in [0.2, 0.25) is 5.82 Å². The lowest BCUT2D eigenvalue weighted by Crippen LogP contribution is -2.47. The molecule has 0 saturated carbocycles. The summed E-state index contributed by atoms with van der Waals surface area (Å²) >= 11 is 0. The van der Waals surface area contributed by atoms with Crippen molar-refractivity contribution >= 4 is 17.8 Å². The molecule has 1 aliphatic rings. The van der Waals surface area contributed by atoms with Crippen molar-refractivity contribution in [2.24, 2.45) is 0 Å². The largest absolute Gasteiger partial charge is 0.481 e. The molecule has 0 atom stereocenters. The highest BCUT2D eigenvalue weighted by atomic mass is 16.5. The van der Waals surface area contributed by atoms with Gasteiger partial charge in [0.15, 0.2) is 0 Å². The minimum Gasteiger partial charge on any atom is -0.481 e. The van der Waals surface area contributed by atoms with Crippen LogP contribution >= 0.6 is 0 Å². The molecule has 1 aromatic heterocycles. The third kappa shape index (κ3) is 4.12. The lowest BCUT2D eigenvalue weighted by atomic mass is 10.3. The number of ether oxygens (including phenoxy) is 1. The van der Waals surface area contributed by atoms with Crippen molar-refractivity contribution in [1.82, 2.24) is 14.9 Å². The summed E-state index contributed by atoms with van der Waals surface area (Å²) in [6, 6.07) is 1.75. The Morgan fingerprint density at radius 3 is 2.67 bits per heavy atom. The van der Waals surface area contributed by atoms with Crippen LogP contribution < -0.4 is 4.90 Å². The number of methoxy groups -OCH3 is 1. The van der Waals surface area contributed by atoms with Gasteiger partial charge in [-0.05, 0) is 6.07 Å². The molecule has 114 valence electrons. The summed E-state index contributed by atoms with van der Waals surface area (Å²) in [5, 5.41) is 8.68. The molecule has 1 aromatic rings. The maximum atomic E-state index is 11.4. The lowest BCUT2D eigenvalue weighted by molar-refractivity contribution is -0.137. The number of anilines is 1. The van der Waals surface area contributed by atoms with Crippen LogP contribution in [0.25, 0.3) is 0 Å². The Morgan fingerprint density at radius 1 is 1.33 bits per heavy atom. The van der Waals surface area contributed by atoms with Gasteiger partial charge in [-0.15, -0.1) is 0 Å². The molecule has 0 radical (unpaired) electrons. The third-order valence-electron chi connectivity index (χ3n) is 3.35. The molecular weight excluding hydrogens is 276 g/mol. The maximum absolute atomic E-state index is 11.4. The van der Waals surface area contributed by atoms with Crippen LogP contribution in [0.2, 0.25) is 0 Å². The first-order valence-electron chi connectivity index (χ1n) is 6.70. The van der Waals surface area contributed by atoms with Gasteiger partial charge in [0.05, 0.1) is 13.5 Å². The molecule has 8 nitrogen and oxygen atoms in total. The standard InChI is InChI=1S/C13H18N4O4/c1-21-13(20)12-14-4-2-10(15-12)17-8-6-16(7-9-17)5-3-11(18)19/h2,4H,3,5-9H2,1H3,(H,18,19). The van der Waals surface area contributed by atoms with Crippen LogP contribution in [0, 0.1) is 0 Å².